The summed E-state index contributed by atoms with van der Waals surface area (Å²) >= 11 is 1.78. The van der Waals surface area contributed by atoms with Gasteiger partial charge in [0, 0.05) is 10.6 Å². The normalized spacial score (nSPS) is 12.7. The van der Waals surface area contributed by atoms with Gasteiger partial charge in [-0.25, -0.2) is 4.98 Å². The van der Waals surface area contributed by atoms with Crippen molar-refractivity contribution in [1.82, 2.24) is 4.98 Å². The first-order valence-corrected chi connectivity index (χ1v) is 7.59. The molecule has 1 aromatic heterocycles. The fraction of sp³-hybridized carbons (Fsp3) is 0.438. The Balaban J connectivity index is 2.10. The molecule has 0 saturated carbocycles. The smallest absolute Gasteiger partial charge is 0.0900 e. The second kappa shape index (κ2) is 5.74. The number of hydrogen-bond acceptors (Lipinski definition) is 3. The molecule has 2 nitrogen and oxygen atoms in total. The maximum Gasteiger partial charge on any atom is 0.0900 e. The van der Waals surface area contributed by atoms with Gasteiger partial charge < -0.3 is 5.32 Å². The minimum atomic E-state index is 0.302. The number of hydrogen-bond donors (Lipinski definition) is 1. The van der Waals surface area contributed by atoms with Gasteiger partial charge in [0.15, 0.2) is 0 Å². The number of nitrogens with one attached hydrogen (secondary N) is 1. The highest BCUT2D eigenvalue weighted by Crippen LogP contribution is 2.28. The van der Waals surface area contributed by atoms with Crippen LogP contribution in [0.5, 0.6) is 0 Å². The summed E-state index contributed by atoms with van der Waals surface area (Å²) in [7, 11) is 0. The molecular weight excluding hydrogens is 252 g/mol. The second-order valence-corrected chi connectivity index (χ2v) is 6.56. The van der Waals surface area contributed by atoms with E-state index in [9.17, 15) is 0 Å². The molecule has 1 heterocycles. The summed E-state index contributed by atoms with van der Waals surface area (Å²) < 4.78 is 0. The van der Waals surface area contributed by atoms with Crippen LogP contribution in [0.3, 0.4) is 0 Å². The van der Waals surface area contributed by atoms with Crippen molar-refractivity contribution >= 4 is 17.0 Å². The van der Waals surface area contributed by atoms with Gasteiger partial charge in [-0.1, -0.05) is 26.0 Å². The number of aryl methyl sites for hydroxylation is 2. The van der Waals surface area contributed by atoms with Crippen molar-refractivity contribution in [2.24, 2.45) is 0 Å². The van der Waals surface area contributed by atoms with Gasteiger partial charge in [-0.15, -0.1) is 11.3 Å². The van der Waals surface area contributed by atoms with Gasteiger partial charge in [-0.3, -0.25) is 0 Å². The van der Waals surface area contributed by atoms with E-state index in [1.54, 1.807) is 11.3 Å². The van der Waals surface area contributed by atoms with E-state index < -0.39 is 0 Å². The van der Waals surface area contributed by atoms with Crippen molar-refractivity contribution in [1.29, 1.82) is 0 Å². The predicted octanol–water partition coefficient (Wildman–Crippen LogP) is 5.06. The molecule has 19 heavy (non-hydrogen) atoms. The fourth-order valence-corrected chi connectivity index (χ4v) is 3.16. The molecule has 0 aliphatic carbocycles. The largest absolute Gasteiger partial charge is 0.378 e. The van der Waals surface area contributed by atoms with Crippen molar-refractivity contribution in [3.8, 4) is 0 Å². The Bertz CT molecular complexity index is 540. The van der Waals surface area contributed by atoms with Crippen LogP contribution in [0.25, 0.3) is 0 Å². The fourth-order valence-electron chi connectivity index (χ4n) is 2.23. The molecule has 1 N–H and O–H groups in total. The molecule has 0 amide bonds. The Kier molecular flexibility index (Phi) is 4.25. The number of benzene rings is 1. The second-order valence-electron chi connectivity index (χ2n) is 5.33. The Hall–Kier alpha value is -1.35. The zero-order valence-corrected chi connectivity index (χ0v) is 13.1. The predicted molar refractivity (Wildman–Crippen MR) is 84.2 cm³/mol. The van der Waals surface area contributed by atoms with Gasteiger partial charge in [0.2, 0.25) is 0 Å². The third-order valence-corrected chi connectivity index (χ3v) is 4.55. The summed E-state index contributed by atoms with van der Waals surface area (Å²) in [5.74, 6) is 0.581. The molecule has 0 spiro atoms. The minimum absolute atomic E-state index is 0.302. The molecule has 0 saturated heterocycles. The Morgan fingerprint density at radius 2 is 1.68 bits per heavy atom. The molecule has 1 atom stereocenters. The van der Waals surface area contributed by atoms with Gasteiger partial charge in [0.25, 0.3) is 0 Å². The van der Waals surface area contributed by atoms with Gasteiger partial charge in [-0.05, 0) is 44.4 Å². The van der Waals surface area contributed by atoms with E-state index in [0.717, 1.165) is 10.7 Å². The first-order chi connectivity index (χ1) is 8.97. The van der Waals surface area contributed by atoms with E-state index >= 15 is 0 Å². The first-order valence-electron chi connectivity index (χ1n) is 6.77. The van der Waals surface area contributed by atoms with Crippen LogP contribution in [0, 0.1) is 13.8 Å². The molecule has 0 fully saturated rings. The molecule has 1 aromatic carbocycles. The topological polar surface area (TPSA) is 24.9 Å². The van der Waals surface area contributed by atoms with Crippen LogP contribution in [0.4, 0.5) is 5.69 Å². The summed E-state index contributed by atoms with van der Waals surface area (Å²) in [4.78, 5) is 5.81. The molecular formula is C16H22N2S. The van der Waals surface area contributed by atoms with Crippen LogP contribution in [0.15, 0.2) is 24.3 Å². The van der Waals surface area contributed by atoms with Crippen LogP contribution in [0.1, 0.15) is 53.9 Å². The number of aromatic nitrogens is 1. The Morgan fingerprint density at radius 3 is 2.16 bits per heavy atom. The summed E-state index contributed by atoms with van der Waals surface area (Å²) in [6.45, 7) is 10.8. The average Bonchev–Trinajstić information content (AvgIpc) is 2.69. The van der Waals surface area contributed by atoms with E-state index in [1.807, 2.05) is 0 Å². The van der Waals surface area contributed by atoms with Crippen LogP contribution in [-0.4, -0.2) is 4.98 Å². The lowest BCUT2D eigenvalue weighted by molar-refractivity contribution is 0.863. The van der Waals surface area contributed by atoms with Crippen LogP contribution in [-0.2, 0) is 0 Å². The lowest BCUT2D eigenvalue weighted by Gasteiger charge is -2.15. The maximum atomic E-state index is 4.49. The monoisotopic (exact) mass is 274 g/mol. The van der Waals surface area contributed by atoms with E-state index in [2.05, 4.69) is 69.2 Å². The highest BCUT2D eigenvalue weighted by molar-refractivity contribution is 7.11. The molecule has 0 aliphatic rings. The van der Waals surface area contributed by atoms with E-state index in [1.165, 1.54) is 16.1 Å². The third-order valence-electron chi connectivity index (χ3n) is 3.29. The molecule has 0 radical (unpaired) electrons. The standard InChI is InChI=1S/C16H22N2S/c1-10(2)14-6-8-15(9-7-14)18-12(4)16-11(3)17-13(5)19-16/h6-10,12,18H,1-5H3. The van der Waals surface area contributed by atoms with Gasteiger partial charge in [-0.2, -0.15) is 0 Å². The van der Waals surface area contributed by atoms with Crippen molar-refractivity contribution in [3.05, 3.63) is 45.4 Å². The summed E-state index contributed by atoms with van der Waals surface area (Å²) in [6.07, 6.45) is 0. The van der Waals surface area contributed by atoms with Gasteiger partial charge >= 0.3 is 0 Å². The SMILES string of the molecule is Cc1nc(C)c(C(C)Nc2ccc(C(C)C)cc2)s1. The molecule has 102 valence electrons. The molecule has 0 aliphatic heterocycles. The van der Waals surface area contributed by atoms with Gasteiger partial charge in [0.05, 0.1) is 16.7 Å². The highest BCUT2D eigenvalue weighted by Gasteiger charge is 2.12. The average molecular weight is 274 g/mol. The maximum absolute atomic E-state index is 4.49. The number of thiazole rings is 1. The van der Waals surface area contributed by atoms with E-state index in [0.29, 0.717) is 12.0 Å². The van der Waals surface area contributed by atoms with E-state index in [-0.39, 0.29) is 0 Å². The summed E-state index contributed by atoms with van der Waals surface area (Å²) in [6, 6.07) is 9.02. The zero-order valence-electron chi connectivity index (χ0n) is 12.3. The number of rotatable bonds is 4. The zero-order chi connectivity index (χ0) is 14.0. The lowest BCUT2D eigenvalue weighted by Crippen LogP contribution is -2.06. The highest BCUT2D eigenvalue weighted by atomic mass is 32.1. The minimum Gasteiger partial charge on any atom is -0.378 e. The lowest BCUT2D eigenvalue weighted by atomic mass is 10.0. The molecule has 3 heteroatoms. The van der Waals surface area contributed by atoms with Crippen LogP contribution >= 0.6 is 11.3 Å². The van der Waals surface area contributed by atoms with Gasteiger partial charge in [0.1, 0.15) is 0 Å². The number of anilines is 1. The first kappa shape index (κ1) is 14.1. The molecule has 2 rings (SSSR count). The van der Waals surface area contributed by atoms with Crippen molar-refractivity contribution < 1.29 is 0 Å². The third kappa shape index (κ3) is 3.35. The molecule has 1 unspecified atom stereocenters. The van der Waals surface area contributed by atoms with Crippen LogP contribution in [0.2, 0.25) is 0 Å². The van der Waals surface area contributed by atoms with Crippen LogP contribution < -0.4 is 5.32 Å². The summed E-state index contributed by atoms with van der Waals surface area (Å²) in [5, 5.41) is 4.68. The summed E-state index contributed by atoms with van der Waals surface area (Å²) in [5.41, 5.74) is 3.69. The quantitative estimate of drug-likeness (QED) is 0.843. The van der Waals surface area contributed by atoms with Crippen molar-refractivity contribution in [2.45, 2.75) is 46.6 Å². The van der Waals surface area contributed by atoms with Crippen molar-refractivity contribution in [2.75, 3.05) is 5.32 Å². The Labute approximate surface area is 119 Å². The Morgan fingerprint density at radius 1 is 1.05 bits per heavy atom. The van der Waals surface area contributed by atoms with Crippen molar-refractivity contribution in [3.63, 3.8) is 0 Å². The number of nitrogens with zero attached hydrogens (tertiary/aromatic N) is 1. The molecule has 0 bridgehead atoms. The molecule has 2 aromatic rings. The van der Waals surface area contributed by atoms with E-state index in [4.69, 9.17) is 0 Å².